The fourth-order valence-corrected chi connectivity index (χ4v) is 1.50. The van der Waals surface area contributed by atoms with E-state index in [-0.39, 0.29) is 18.0 Å². The predicted octanol–water partition coefficient (Wildman–Crippen LogP) is 3.34. The first-order valence-electron chi connectivity index (χ1n) is 5.49. The van der Waals surface area contributed by atoms with E-state index in [0.717, 1.165) is 0 Å². The maximum absolute atomic E-state index is 13.2. The summed E-state index contributed by atoms with van der Waals surface area (Å²) in [6.07, 6.45) is -0.617. The molecule has 1 N–H and O–H groups in total. The Bertz CT molecular complexity index is 406. The molecule has 1 rings (SSSR count). The van der Waals surface area contributed by atoms with Crippen molar-refractivity contribution in [2.45, 2.75) is 33.0 Å². The van der Waals surface area contributed by atoms with Crippen LogP contribution in [0, 0.1) is 11.2 Å². The van der Waals surface area contributed by atoms with Gasteiger partial charge in [-0.1, -0.05) is 0 Å². The summed E-state index contributed by atoms with van der Waals surface area (Å²) in [4.78, 5) is 0. The predicted molar refractivity (Wildman–Crippen MR) is 65.3 cm³/mol. The third-order valence-electron chi connectivity index (χ3n) is 2.65. The number of rotatable bonds is 5. The number of ether oxygens (including phenoxy) is 2. The molecular formula is C13H18FNO2. The van der Waals surface area contributed by atoms with Crippen LogP contribution in [0.15, 0.2) is 18.2 Å². The van der Waals surface area contributed by atoms with E-state index in [4.69, 9.17) is 14.9 Å². The van der Waals surface area contributed by atoms with Gasteiger partial charge in [-0.15, -0.1) is 0 Å². The van der Waals surface area contributed by atoms with Crippen LogP contribution in [0.25, 0.3) is 0 Å². The molecule has 17 heavy (non-hydrogen) atoms. The summed E-state index contributed by atoms with van der Waals surface area (Å²) < 4.78 is 24.0. The molecule has 1 aromatic rings. The molecular weight excluding hydrogens is 221 g/mol. The van der Waals surface area contributed by atoms with Crippen LogP contribution >= 0.6 is 0 Å². The zero-order valence-corrected chi connectivity index (χ0v) is 10.6. The minimum atomic E-state index is -0.324. The zero-order valence-electron chi connectivity index (χ0n) is 10.6. The fraction of sp³-hybridized carbons (Fsp3) is 0.462. The van der Waals surface area contributed by atoms with Crippen LogP contribution in [0.1, 0.15) is 32.4 Å². The molecule has 2 atom stereocenters. The third-order valence-corrected chi connectivity index (χ3v) is 2.65. The van der Waals surface area contributed by atoms with Gasteiger partial charge in [-0.3, -0.25) is 0 Å². The van der Waals surface area contributed by atoms with Gasteiger partial charge in [0.1, 0.15) is 11.6 Å². The van der Waals surface area contributed by atoms with Gasteiger partial charge in [0.2, 0.25) is 0 Å². The van der Waals surface area contributed by atoms with Crippen molar-refractivity contribution >= 4 is 5.71 Å². The Morgan fingerprint density at radius 3 is 2.53 bits per heavy atom. The smallest absolute Gasteiger partial charge is 0.124 e. The number of hydrogen-bond donors (Lipinski definition) is 1. The second kappa shape index (κ2) is 5.77. The molecule has 0 spiro atoms. The average Bonchev–Trinajstić information content (AvgIpc) is 2.28. The Morgan fingerprint density at radius 2 is 2.00 bits per heavy atom. The normalized spacial score (nSPS) is 14.2. The van der Waals surface area contributed by atoms with Gasteiger partial charge in [0.15, 0.2) is 0 Å². The first kappa shape index (κ1) is 13.6. The number of nitrogens with one attached hydrogen (secondary N) is 1. The fourth-order valence-electron chi connectivity index (χ4n) is 1.50. The molecule has 0 amide bonds. The highest BCUT2D eigenvalue weighted by molar-refractivity contribution is 5.82. The molecule has 2 unspecified atom stereocenters. The van der Waals surface area contributed by atoms with Gasteiger partial charge in [-0.2, -0.15) is 0 Å². The van der Waals surface area contributed by atoms with Crippen molar-refractivity contribution in [3.63, 3.8) is 0 Å². The van der Waals surface area contributed by atoms with Crippen molar-refractivity contribution in [1.82, 2.24) is 0 Å². The summed E-state index contributed by atoms with van der Waals surface area (Å²) in [5, 5.41) is 7.47. The van der Waals surface area contributed by atoms with Crippen molar-refractivity contribution in [3.8, 4) is 5.75 Å². The number of halogens is 1. The number of methoxy groups -OCH3 is 1. The van der Waals surface area contributed by atoms with Gasteiger partial charge in [0, 0.05) is 11.3 Å². The van der Waals surface area contributed by atoms with Gasteiger partial charge in [-0.25, -0.2) is 4.39 Å². The van der Waals surface area contributed by atoms with Crippen molar-refractivity contribution in [1.29, 1.82) is 5.41 Å². The Kier molecular flexibility index (Phi) is 4.63. The molecule has 0 aliphatic carbocycles. The van der Waals surface area contributed by atoms with Crippen molar-refractivity contribution in [3.05, 3.63) is 29.6 Å². The quantitative estimate of drug-likeness (QED) is 0.801. The Balaban J connectivity index is 2.90. The lowest BCUT2D eigenvalue weighted by atomic mass is 10.1. The van der Waals surface area contributed by atoms with E-state index in [0.29, 0.717) is 17.0 Å². The largest absolute Gasteiger partial charge is 0.496 e. The van der Waals surface area contributed by atoms with Crippen LogP contribution in [0.2, 0.25) is 0 Å². The minimum absolute atomic E-state index is 0.294. The van der Waals surface area contributed by atoms with E-state index in [1.165, 1.54) is 19.2 Å². The Labute approximate surface area is 101 Å². The van der Waals surface area contributed by atoms with Crippen LogP contribution < -0.4 is 4.74 Å². The highest BCUT2D eigenvalue weighted by atomic mass is 19.1. The molecule has 0 saturated heterocycles. The van der Waals surface area contributed by atoms with E-state index in [1.807, 2.05) is 6.92 Å². The minimum Gasteiger partial charge on any atom is -0.496 e. The van der Waals surface area contributed by atoms with E-state index >= 15 is 0 Å². The topological polar surface area (TPSA) is 42.3 Å². The third kappa shape index (κ3) is 3.53. The highest BCUT2D eigenvalue weighted by Gasteiger charge is 2.16. The average molecular weight is 239 g/mol. The zero-order chi connectivity index (χ0) is 13.0. The van der Waals surface area contributed by atoms with Crippen LogP contribution in [0.5, 0.6) is 5.75 Å². The van der Waals surface area contributed by atoms with Crippen molar-refractivity contribution in [2.75, 3.05) is 7.11 Å². The lowest BCUT2D eigenvalue weighted by Gasteiger charge is -2.20. The summed E-state index contributed by atoms with van der Waals surface area (Å²) in [6, 6.07) is 4.32. The maximum atomic E-state index is 13.2. The molecule has 0 aliphatic rings. The van der Waals surface area contributed by atoms with Crippen LogP contribution in [-0.4, -0.2) is 18.9 Å². The van der Waals surface area contributed by atoms with Gasteiger partial charge >= 0.3 is 0 Å². The van der Waals surface area contributed by atoms with E-state index < -0.39 is 0 Å². The Morgan fingerprint density at radius 1 is 1.35 bits per heavy atom. The van der Waals surface area contributed by atoms with Gasteiger partial charge < -0.3 is 14.9 Å². The summed E-state index contributed by atoms with van der Waals surface area (Å²) in [7, 11) is 1.54. The molecule has 0 saturated carbocycles. The number of hydrogen-bond acceptors (Lipinski definition) is 3. The summed E-state index contributed by atoms with van der Waals surface area (Å²) in [5.41, 5.74) is 1.09. The first-order valence-corrected chi connectivity index (χ1v) is 5.49. The van der Waals surface area contributed by atoms with E-state index in [2.05, 4.69) is 0 Å². The van der Waals surface area contributed by atoms with Gasteiger partial charge in [-0.05, 0) is 39.0 Å². The van der Waals surface area contributed by atoms with Crippen molar-refractivity contribution < 1.29 is 13.9 Å². The van der Waals surface area contributed by atoms with E-state index in [9.17, 15) is 4.39 Å². The summed E-state index contributed by atoms with van der Waals surface area (Å²) in [5.74, 6) is 0.268. The second-order valence-corrected chi connectivity index (χ2v) is 3.99. The van der Waals surface area contributed by atoms with Crippen molar-refractivity contribution in [2.24, 2.45) is 0 Å². The van der Waals surface area contributed by atoms with Crippen LogP contribution in [0.3, 0.4) is 0 Å². The van der Waals surface area contributed by atoms with E-state index in [1.54, 1.807) is 19.9 Å². The lowest BCUT2D eigenvalue weighted by Crippen LogP contribution is -2.19. The van der Waals surface area contributed by atoms with Crippen LogP contribution in [-0.2, 0) is 4.74 Å². The first-order chi connectivity index (χ1) is 7.95. The summed E-state index contributed by atoms with van der Waals surface area (Å²) in [6.45, 7) is 5.29. The Hall–Kier alpha value is -1.42. The molecule has 4 heteroatoms. The molecule has 0 aliphatic heterocycles. The lowest BCUT2D eigenvalue weighted by molar-refractivity contribution is 0.0415. The molecule has 0 heterocycles. The molecule has 0 bridgehead atoms. The molecule has 1 aromatic carbocycles. The van der Waals surface area contributed by atoms with Gasteiger partial charge in [0.25, 0.3) is 0 Å². The van der Waals surface area contributed by atoms with Crippen LogP contribution in [0.4, 0.5) is 4.39 Å². The molecule has 94 valence electrons. The SMILES string of the molecule is COc1ccc(F)cc1C(C)OC(C)C(C)=N. The highest BCUT2D eigenvalue weighted by Crippen LogP contribution is 2.29. The van der Waals surface area contributed by atoms with Gasteiger partial charge in [0.05, 0.1) is 19.3 Å². The molecule has 0 fully saturated rings. The summed E-state index contributed by atoms with van der Waals surface area (Å²) >= 11 is 0. The standard InChI is InChI=1S/C13H18FNO2/c1-8(15)9(2)17-10(3)12-7-11(14)5-6-13(12)16-4/h5-7,9-10,15H,1-4H3. The molecule has 0 aromatic heterocycles. The second-order valence-electron chi connectivity index (χ2n) is 3.99. The maximum Gasteiger partial charge on any atom is 0.124 e. The molecule has 3 nitrogen and oxygen atoms in total. The number of benzene rings is 1. The molecule has 0 radical (unpaired) electrons. The monoisotopic (exact) mass is 239 g/mol.